The first-order chi connectivity index (χ1) is 6.99. The quantitative estimate of drug-likeness (QED) is 0.794. The molecule has 0 spiro atoms. The number of nitrogens with two attached hydrogens (primary N) is 1. The van der Waals surface area contributed by atoms with Gasteiger partial charge in [0, 0.05) is 25.6 Å². The Kier molecular flexibility index (Phi) is 3.85. The zero-order chi connectivity index (χ0) is 11.4. The molecule has 0 aliphatic heterocycles. The summed E-state index contributed by atoms with van der Waals surface area (Å²) in [5.41, 5.74) is 6.30. The van der Waals surface area contributed by atoms with Gasteiger partial charge in [0.15, 0.2) is 0 Å². The van der Waals surface area contributed by atoms with Crippen LogP contribution in [0.1, 0.15) is 24.8 Å². The standard InChI is InChI=1S/C10H17N3O2/c1-7(11)4-10(14)13(3)6-9-5-8(2)15-12-9/h5,7H,4,6,11H2,1-3H3. The minimum Gasteiger partial charge on any atom is -0.361 e. The van der Waals surface area contributed by atoms with E-state index in [1.165, 1.54) is 0 Å². The highest BCUT2D eigenvalue weighted by Gasteiger charge is 2.12. The summed E-state index contributed by atoms with van der Waals surface area (Å²) in [6.07, 6.45) is 0.354. The summed E-state index contributed by atoms with van der Waals surface area (Å²) < 4.78 is 4.91. The molecule has 0 bridgehead atoms. The number of amides is 1. The van der Waals surface area contributed by atoms with Crippen LogP contribution in [-0.2, 0) is 11.3 Å². The number of hydrogen-bond acceptors (Lipinski definition) is 4. The molecule has 1 aromatic heterocycles. The van der Waals surface area contributed by atoms with E-state index >= 15 is 0 Å². The number of nitrogens with zero attached hydrogens (tertiary/aromatic N) is 2. The van der Waals surface area contributed by atoms with Crippen LogP contribution in [0.4, 0.5) is 0 Å². The minimum absolute atomic E-state index is 0.0191. The van der Waals surface area contributed by atoms with Gasteiger partial charge in [0.25, 0.3) is 0 Å². The van der Waals surface area contributed by atoms with Crippen LogP contribution in [0.15, 0.2) is 10.6 Å². The molecule has 1 atom stereocenters. The van der Waals surface area contributed by atoms with Crippen LogP contribution in [0.5, 0.6) is 0 Å². The number of rotatable bonds is 4. The summed E-state index contributed by atoms with van der Waals surface area (Å²) in [5, 5.41) is 3.82. The molecule has 2 N–H and O–H groups in total. The molecule has 0 aromatic carbocycles. The number of carbonyl (C=O) groups excluding carboxylic acids is 1. The second-order valence-corrected chi connectivity index (χ2v) is 3.86. The lowest BCUT2D eigenvalue weighted by Crippen LogP contribution is -2.31. The maximum Gasteiger partial charge on any atom is 0.224 e. The normalized spacial score (nSPS) is 12.5. The summed E-state index contributed by atoms with van der Waals surface area (Å²) in [6.45, 7) is 4.09. The van der Waals surface area contributed by atoms with Crippen molar-refractivity contribution in [1.82, 2.24) is 10.1 Å². The lowest BCUT2D eigenvalue weighted by molar-refractivity contribution is -0.130. The second kappa shape index (κ2) is 4.93. The van der Waals surface area contributed by atoms with Crippen LogP contribution in [0.3, 0.4) is 0 Å². The van der Waals surface area contributed by atoms with E-state index in [1.807, 2.05) is 19.9 Å². The summed E-state index contributed by atoms with van der Waals surface area (Å²) in [4.78, 5) is 13.2. The number of aromatic nitrogens is 1. The highest BCUT2D eigenvalue weighted by atomic mass is 16.5. The Morgan fingerprint density at radius 2 is 2.40 bits per heavy atom. The van der Waals surface area contributed by atoms with Gasteiger partial charge in [-0.3, -0.25) is 4.79 Å². The third kappa shape index (κ3) is 3.71. The van der Waals surface area contributed by atoms with Gasteiger partial charge < -0.3 is 15.2 Å². The van der Waals surface area contributed by atoms with Crippen molar-refractivity contribution in [3.63, 3.8) is 0 Å². The molecule has 0 saturated heterocycles. The average molecular weight is 211 g/mol. The molecular formula is C10H17N3O2. The molecule has 5 heteroatoms. The van der Waals surface area contributed by atoms with Gasteiger partial charge in [-0.05, 0) is 13.8 Å². The molecule has 15 heavy (non-hydrogen) atoms. The van der Waals surface area contributed by atoms with Crippen LogP contribution in [0.25, 0.3) is 0 Å². The fourth-order valence-corrected chi connectivity index (χ4v) is 1.25. The van der Waals surface area contributed by atoms with Gasteiger partial charge in [-0.15, -0.1) is 0 Å². The molecule has 5 nitrogen and oxygen atoms in total. The zero-order valence-corrected chi connectivity index (χ0v) is 9.36. The van der Waals surface area contributed by atoms with E-state index in [0.717, 1.165) is 11.5 Å². The van der Waals surface area contributed by atoms with E-state index in [1.54, 1.807) is 11.9 Å². The van der Waals surface area contributed by atoms with Gasteiger partial charge >= 0.3 is 0 Å². The first-order valence-electron chi connectivity index (χ1n) is 4.90. The Bertz CT molecular complexity index is 333. The fraction of sp³-hybridized carbons (Fsp3) is 0.600. The first kappa shape index (κ1) is 11.7. The Hall–Kier alpha value is -1.36. The summed E-state index contributed by atoms with van der Waals surface area (Å²) >= 11 is 0. The largest absolute Gasteiger partial charge is 0.361 e. The number of hydrogen-bond donors (Lipinski definition) is 1. The minimum atomic E-state index is -0.112. The van der Waals surface area contributed by atoms with Gasteiger partial charge in [-0.25, -0.2) is 0 Å². The van der Waals surface area contributed by atoms with E-state index in [0.29, 0.717) is 13.0 Å². The molecule has 1 aromatic rings. The molecule has 0 aliphatic carbocycles. The highest BCUT2D eigenvalue weighted by molar-refractivity contribution is 5.76. The molecule has 0 radical (unpaired) electrons. The molecular weight excluding hydrogens is 194 g/mol. The molecule has 84 valence electrons. The Morgan fingerprint density at radius 3 is 2.87 bits per heavy atom. The molecule has 1 unspecified atom stereocenters. The molecule has 0 aliphatic rings. The Morgan fingerprint density at radius 1 is 1.73 bits per heavy atom. The fourth-order valence-electron chi connectivity index (χ4n) is 1.25. The summed E-state index contributed by atoms with van der Waals surface area (Å²) in [6, 6.07) is 1.70. The van der Waals surface area contributed by atoms with Crippen LogP contribution in [0, 0.1) is 6.92 Å². The number of carbonyl (C=O) groups is 1. The van der Waals surface area contributed by atoms with Crippen molar-refractivity contribution >= 4 is 5.91 Å². The molecule has 0 saturated carbocycles. The van der Waals surface area contributed by atoms with Gasteiger partial charge in [-0.2, -0.15) is 0 Å². The smallest absolute Gasteiger partial charge is 0.224 e. The van der Waals surface area contributed by atoms with Gasteiger partial charge in [0.2, 0.25) is 5.91 Å². The van der Waals surface area contributed by atoms with Crippen molar-refractivity contribution in [3.05, 3.63) is 17.5 Å². The van der Waals surface area contributed by atoms with E-state index in [4.69, 9.17) is 10.3 Å². The second-order valence-electron chi connectivity index (χ2n) is 3.86. The average Bonchev–Trinajstić information content (AvgIpc) is 2.50. The summed E-state index contributed by atoms with van der Waals surface area (Å²) in [7, 11) is 1.73. The van der Waals surface area contributed by atoms with Crippen molar-refractivity contribution in [2.75, 3.05) is 7.05 Å². The monoisotopic (exact) mass is 211 g/mol. The van der Waals surface area contributed by atoms with Crippen molar-refractivity contribution in [1.29, 1.82) is 0 Å². The summed E-state index contributed by atoms with van der Waals surface area (Å²) in [5.74, 6) is 0.767. The van der Waals surface area contributed by atoms with Gasteiger partial charge in [-0.1, -0.05) is 5.16 Å². The van der Waals surface area contributed by atoms with E-state index in [2.05, 4.69) is 5.16 Å². The highest BCUT2D eigenvalue weighted by Crippen LogP contribution is 2.05. The number of aryl methyl sites for hydroxylation is 1. The van der Waals surface area contributed by atoms with Crippen molar-refractivity contribution in [2.45, 2.75) is 32.9 Å². The van der Waals surface area contributed by atoms with Crippen LogP contribution in [-0.4, -0.2) is 29.1 Å². The lowest BCUT2D eigenvalue weighted by atomic mass is 10.2. The molecule has 1 heterocycles. The molecule has 1 rings (SSSR count). The van der Waals surface area contributed by atoms with E-state index in [-0.39, 0.29) is 11.9 Å². The molecule has 1 amide bonds. The first-order valence-corrected chi connectivity index (χ1v) is 4.90. The van der Waals surface area contributed by atoms with Crippen LogP contribution < -0.4 is 5.73 Å². The Labute approximate surface area is 89.2 Å². The third-order valence-corrected chi connectivity index (χ3v) is 2.00. The van der Waals surface area contributed by atoms with E-state index in [9.17, 15) is 4.79 Å². The van der Waals surface area contributed by atoms with Crippen LogP contribution in [0.2, 0.25) is 0 Å². The van der Waals surface area contributed by atoms with Gasteiger partial charge in [0.1, 0.15) is 11.5 Å². The Balaban J connectivity index is 2.48. The predicted octanol–water partition coefficient (Wildman–Crippen LogP) is 0.679. The van der Waals surface area contributed by atoms with Crippen LogP contribution >= 0.6 is 0 Å². The topological polar surface area (TPSA) is 72.4 Å². The van der Waals surface area contributed by atoms with Crippen molar-refractivity contribution < 1.29 is 9.32 Å². The van der Waals surface area contributed by atoms with Gasteiger partial charge in [0.05, 0.1) is 6.54 Å². The van der Waals surface area contributed by atoms with Crippen molar-refractivity contribution in [2.24, 2.45) is 5.73 Å². The maximum atomic E-state index is 11.6. The predicted molar refractivity (Wildman–Crippen MR) is 56.0 cm³/mol. The maximum absolute atomic E-state index is 11.6. The SMILES string of the molecule is Cc1cc(CN(C)C(=O)CC(C)N)no1. The zero-order valence-electron chi connectivity index (χ0n) is 9.36. The molecule has 0 fully saturated rings. The lowest BCUT2D eigenvalue weighted by Gasteiger charge is -2.16. The third-order valence-electron chi connectivity index (χ3n) is 2.00. The van der Waals surface area contributed by atoms with E-state index < -0.39 is 0 Å². The van der Waals surface area contributed by atoms with Crippen molar-refractivity contribution in [3.8, 4) is 0 Å².